The molecular weight excluding hydrogens is 424 g/mol. The first-order chi connectivity index (χ1) is 15.7. The molecule has 2 fully saturated rings. The normalized spacial score (nSPS) is 21.2. The molecule has 1 amide bonds. The number of benzene rings is 2. The van der Waals surface area contributed by atoms with E-state index in [4.69, 9.17) is 16.3 Å². The number of nitrogens with one attached hydrogen (secondary N) is 1. The molecule has 2 aromatic carbocycles. The van der Waals surface area contributed by atoms with Crippen molar-refractivity contribution in [3.8, 4) is 5.75 Å². The molecule has 2 aliphatic rings. The molecule has 3 aromatic rings. The van der Waals surface area contributed by atoms with Crippen LogP contribution in [0, 0.1) is 0 Å². The zero-order chi connectivity index (χ0) is 21.9. The summed E-state index contributed by atoms with van der Waals surface area (Å²) in [5.74, 6) is 1.07. The first kappa shape index (κ1) is 21.0. The number of piperazine rings is 1. The molecule has 6 nitrogen and oxygen atoms in total. The summed E-state index contributed by atoms with van der Waals surface area (Å²) in [6, 6.07) is 16.6. The maximum atomic E-state index is 13.3. The number of ether oxygens (including phenoxy) is 1. The summed E-state index contributed by atoms with van der Waals surface area (Å²) in [6.45, 7) is 3.77. The van der Waals surface area contributed by atoms with E-state index in [1.165, 1.54) is 5.56 Å². The second-order valence-electron chi connectivity index (χ2n) is 8.60. The zero-order valence-corrected chi connectivity index (χ0v) is 18.7. The van der Waals surface area contributed by atoms with Crippen molar-refractivity contribution in [2.24, 2.45) is 0 Å². The molecule has 0 bridgehead atoms. The lowest BCUT2D eigenvalue weighted by Crippen LogP contribution is -2.57. The Morgan fingerprint density at radius 1 is 1.09 bits per heavy atom. The van der Waals surface area contributed by atoms with E-state index < -0.39 is 0 Å². The lowest BCUT2D eigenvalue weighted by Gasteiger charge is -2.46. The summed E-state index contributed by atoms with van der Waals surface area (Å²) in [4.78, 5) is 17.8. The van der Waals surface area contributed by atoms with Crippen LogP contribution < -0.4 is 4.74 Å². The quantitative estimate of drug-likeness (QED) is 0.628. The molecule has 0 aliphatic carbocycles. The Labute approximate surface area is 193 Å². The Morgan fingerprint density at radius 3 is 2.78 bits per heavy atom. The molecule has 166 valence electrons. The van der Waals surface area contributed by atoms with Crippen molar-refractivity contribution in [3.05, 3.63) is 82.6 Å². The molecule has 32 heavy (non-hydrogen) atoms. The molecule has 2 aliphatic heterocycles. The SMILES string of the molecule is O=C(c1cccc(OCc2cn[nH]c2)c1Cl)N1CCN2C[C@@H](c3ccccc3)CC[C@@H]2C1. The fourth-order valence-corrected chi connectivity index (χ4v) is 5.09. The van der Waals surface area contributed by atoms with E-state index in [-0.39, 0.29) is 5.91 Å². The Hall–Kier alpha value is -2.83. The largest absolute Gasteiger partial charge is 0.487 e. The van der Waals surface area contributed by atoms with Gasteiger partial charge in [0.15, 0.2) is 0 Å². The molecule has 2 saturated heterocycles. The van der Waals surface area contributed by atoms with Gasteiger partial charge >= 0.3 is 0 Å². The Balaban J connectivity index is 1.23. The van der Waals surface area contributed by atoms with Crippen molar-refractivity contribution in [1.82, 2.24) is 20.0 Å². The fraction of sp³-hybridized carbons (Fsp3) is 0.360. The third kappa shape index (κ3) is 4.38. The van der Waals surface area contributed by atoms with Crippen LogP contribution >= 0.6 is 11.6 Å². The van der Waals surface area contributed by atoms with Gasteiger partial charge in [-0.25, -0.2) is 0 Å². The van der Waals surface area contributed by atoms with Gasteiger partial charge in [0.25, 0.3) is 5.91 Å². The monoisotopic (exact) mass is 450 g/mol. The van der Waals surface area contributed by atoms with Crippen molar-refractivity contribution >= 4 is 17.5 Å². The highest BCUT2D eigenvalue weighted by Gasteiger charge is 2.35. The number of hydrogen-bond acceptors (Lipinski definition) is 4. The number of nitrogens with zero attached hydrogens (tertiary/aromatic N) is 3. The molecule has 0 spiro atoms. The summed E-state index contributed by atoms with van der Waals surface area (Å²) in [5, 5.41) is 7.05. The first-order valence-electron chi connectivity index (χ1n) is 11.2. The second-order valence-corrected chi connectivity index (χ2v) is 8.98. The average molecular weight is 451 g/mol. The number of aromatic amines is 1. The van der Waals surface area contributed by atoms with Gasteiger partial charge in [0.1, 0.15) is 12.4 Å². The van der Waals surface area contributed by atoms with Crippen molar-refractivity contribution in [2.75, 3.05) is 26.2 Å². The second kappa shape index (κ2) is 9.35. The number of hydrogen-bond donors (Lipinski definition) is 1. The van der Waals surface area contributed by atoms with Crippen molar-refractivity contribution in [1.29, 1.82) is 0 Å². The van der Waals surface area contributed by atoms with E-state index >= 15 is 0 Å². The van der Waals surface area contributed by atoms with E-state index in [2.05, 4.69) is 45.4 Å². The summed E-state index contributed by atoms with van der Waals surface area (Å²) >= 11 is 6.58. The predicted octanol–water partition coefficient (Wildman–Crippen LogP) is 4.35. The lowest BCUT2D eigenvalue weighted by molar-refractivity contribution is 0.0329. The highest BCUT2D eigenvalue weighted by molar-refractivity contribution is 6.35. The van der Waals surface area contributed by atoms with Crippen LogP contribution in [0.3, 0.4) is 0 Å². The van der Waals surface area contributed by atoms with Crippen LogP contribution in [0.25, 0.3) is 0 Å². The van der Waals surface area contributed by atoms with Gasteiger partial charge in [-0.1, -0.05) is 48.0 Å². The minimum Gasteiger partial charge on any atom is -0.487 e. The molecule has 5 rings (SSSR count). The first-order valence-corrected chi connectivity index (χ1v) is 11.5. The number of piperidine rings is 1. The average Bonchev–Trinajstić information content (AvgIpc) is 3.37. The number of H-pyrrole nitrogens is 1. The third-order valence-corrected chi connectivity index (χ3v) is 7.00. The Bertz CT molecular complexity index is 1060. The van der Waals surface area contributed by atoms with Gasteiger partial charge in [0.2, 0.25) is 0 Å². The Kier molecular flexibility index (Phi) is 6.14. The van der Waals surface area contributed by atoms with Crippen molar-refractivity contribution in [2.45, 2.75) is 31.4 Å². The zero-order valence-electron chi connectivity index (χ0n) is 17.9. The van der Waals surface area contributed by atoms with Gasteiger partial charge < -0.3 is 9.64 Å². The van der Waals surface area contributed by atoms with Gasteiger partial charge in [-0.15, -0.1) is 0 Å². The topological polar surface area (TPSA) is 61.5 Å². The molecular formula is C25H27ClN4O2. The smallest absolute Gasteiger partial charge is 0.255 e. The number of amides is 1. The number of carbonyl (C=O) groups is 1. The minimum absolute atomic E-state index is 0.0198. The van der Waals surface area contributed by atoms with E-state index in [0.29, 0.717) is 41.4 Å². The molecule has 3 heterocycles. The van der Waals surface area contributed by atoms with Gasteiger partial charge in [-0.2, -0.15) is 5.10 Å². The number of halogens is 1. The predicted molar refractivity (Wildman–Crippen MR) is 124 cm³/mol. The van der Waals surface area contributed by atoms with Gasteiger partial charge in [-0.05, 0) is 36.5 Å². The van der Waals surface area contributed by atoms with Crippen LogP contribution in [0.2, 0.25) is 5.02 Å². The molecule has 0 saturated carbocycles. The highest BCUT2D eigenvalue weighted by Crippen LogP contribution is 2.33. The van der Waals surface area contributed by atoms with Crippen LogP contribution in [0.15, 0.2) is 60.9 Å². The maximum Gasteiger partial charge on any atom is 0.255 e. The van der Waals surface area contributed by atoms with E-state index in [0.717, 1.165) is 38.0 Å². The molecule has 2 atom stereocenters. The highest BCUT2D eigenvalue weighted by atomic mass is 35.5. The van der Waals surface area contributed by atoms with Crippen molar-refractivity contribution in [3.63, 3.8) is 0 Å². The number of carbonyl (C=O) groups excluding carboxylic acids is 1. The van der Waals surface area contributed by atoms with Gasteiger partial charge in [0, 0.05) is 44.0 Å². The van der Waals surface area contributed by atoms with E-state index in [1.807, 2.05) is 11.0 Å². The van der Waals surface area contributed by atoms with Gasteiger partial charge in [0.05, 0.1) is 16.8 Å². The van der Waals surface area contributed by atoms with E-state index in [9.17, 15) is 4.79 Å². The summed E-state index contributed by atoms with van der Waals surface area (Å²) in [7, 11) is 0. The molecule has 0 radical (unpaired) electrons. The summed E-state index contributed by atoms with van der Waals surface area (Å²) < 4.78 is 5.83. The van der Waals surface area contributed by atoms with Crippen LogP contribution in [0.1, 0.15) is 40.2 Å². The minimum atomic E-state index is -0.0198. The number of rotatable bonds is 5. The third-order valence-electron chi connectivity index (χ3n) is 6.61. The standard InChI is InChI=1S/C25H27ClN4O2/c26-24-22(7-4-8-23(24)32-17-18-13-27-28-14-18)25(31)30-12-11-29-15-20(9-10-21(29)16-30)19-5-2-1-3-6-19/h1-8,13-14,20-21H,9-12,15-17H2,(H,27,28)/t20-,21+/m0/s1. The summed E-state index contributed by atoms with van der Waals surface area (Å²) in [5.41, 5.74) is 2.84. The van der Waals surface area contributed by atoms with Crippen LogP contribution in [0.5, 0.6) is 5.75 Å². The molecule has 7 heteroatoms. The van der Waals surface area contributed by atoms with Crippen LogP contribution in [-0.4, -0.2) is 58.1 Å². The van der Waals surface area contributed by atoms with Crippen LogP contribution in [0.4, 0.5) is 0 Å². The fourth-order valence-electron chi connectivity index (χ4n) is 4.83. The molecule has 1 N–H and O–H groups in total. The van der Waals surface area contributed by atoms with E-state index in [1.54, 1.807) is 24.5 Å². The summed E-state index contributed by atoms with van der Waals surface area (Å²) in [6.07, 6.45) is 5.74. The maximum absolute atomic E-state index is 13.3. The Morgan fingerprint density at radius 2 is 1.97 bits per heavy atom. The number of fused-ring (bicyclic) bond motifs is 1. The van der Waals surface area contributed by atoms with Gasteiger partial charge in [-0.3, -0.25) is 14.8 Å². The van der Waals surface area contributed by atoms with Crippen molar-refractivity contribution < 1.29 is 9.53 Å². The molecule has 0 unspecified atom stereocenters. The lowest BCUT2D eigenvalue weighted by atomic mass is 9.86. The number of aromatic nitrogens is 2. The molecule has 1 aromatic heterocycles. The van der Waals surface area contributed by atoms with Crippen LogP contribution in [-0.2, 0) is 6.61 Å².